The van der Waals surface area contributed by atoms with Gasteiger partial charge < -0.3 is 14.8 Å². The molecule has 1 saturated carbocycles. The van der Waals surface area contributed by atoms with Gasteiger partial charge in [-0.3, -0.25) is 9.69 Å². The molecule has 2 aliphatic heterocycles. The summed E-state index contributed by atoms with van der Waals surface area (Å²) in [5.74, 6) is 0.524. The lowest BCUT2D eigenvalue weighted by molar-refractivity contribution is -0.183. The van der Waals surface area contributed by atoms with Crippen LogP contribution in [0.3, 0.4) is 0 Å². The molecule has 25 heavy (non-hydrogen) atoms. The van der Waals surface area contributed by atoms with Crippen molar-refractivity contribution in [1.82, 2.24) is 10.2 Å². The van der Waals surface area contributed by atoms with Gasteiger partial charge in [0.1, 0.15) is 0 Å². The number of rotatable bonds is 3. The first-order chi connectivity index (χ1) is 12.2. The van der Waals surface area contributed by atoms with Crippen LogP contribution in [0, 0.1) is 5.92 Å². The minimum atomic E-state index is -0.286. The first-order valence-electron chi connectivity index (χ1n) is 9.58. The summed E-state index contributed by atoms with van der Waals surface area (Å²) in [6.45, 7) is 4.18. The molecule has 0 unspecified atom stereocenters. The third kappa shape index (κ3) is 3.89. The number of nitrogens with one attached hydrogen (secondary N) is 1. The quantitative estimate of drug-likeness (QED) is 0.915. The van der Waals surface area contributed by atoms with Crippen molar-refractivity contribution in [2.45, 2.75) is 43.9 Å². The van der Waals surface area contributed by atoms with Crippen LogP contribution in [0.25, 0.3) is 0 Å². The highest BCUT2D eigenvalue weighted by molar-refractivity contribution is 5.77. The van der Waals surface area contributed by atoms with Gasteiger partial charge >= 0.3 is 0 Å². The smallest absolute Gasteiger partial charge is 0.221 e. The number of benzene rings is 1. The van der Waals surface area contributed by atoms with E-state index < -0.39 is 0 Å². The fourth-order valence-electron chi connectivity index (χ4n) is 4.51. The maximum absolute atomic E-state index is 12.1. The van der Waals surface area contributed by atoms with Crippen LogP contribution in [-0.4, -0.2) is 49.4 Å². The second-order valence-corrected chi connectivity index (χ2v) is 7.53. The molecule has 1 amide bonds. The van der Waals surface area contributed by atoms with Gasteiger partial charge in [0.05, 0.1) is 13.2 Å². The lowest BCUT2D eigenvalue weighted by atomic mass is 9.84. The number of hydrogen-bond acceptors (Lipinski definition) is 4. The van der Waals surface area contributed by atoms with Gasteiger partial charge in [-0.25, -0.2) is 0 Å². The van der Waals surface area contributed by atoms with Gasteiger partial charge in [0.2, 0.25) is 5.91 Å². The summed E-state index contributed by atoms with van der Waals surface area (Å²) < 4.78 is 11.7. The Hall–Kier alpha value is -1.43. The molecule has 4 rings (SSSR count). The normalized spacial score (nSPS) is 28.0. The van der Waals surface area contributed by atoms with Crippen molar-refractivity contribution in [2.75, 3.05) is 32.8 Å². The van der Waals surface area contributed by atoms with E-state index in [4.69, 9.17) is 9.47 Å². The van der Waals surface area contributed by atoms with Gasteiger partial charge in [-0.05, 0) is 24.3 Å². The average Bonchev–Trinajstić information content (AvgIpc) is 3.01. The zero-order chi connectivity index (χ0) is 17.1. The molecule has 2 saturated heterocycles. The maximum atomic E-state index is 12.1. The molecule has 3 aliphatic rings. The van der Waals surface area contributed by atoms with Gasteiger partial charge in [0.15, 0.2) is 5.79 Å². The number of amides is 1. The third-order valence-corrected chi connectivity index (χ3v) is 5.90. The Morgan fingerprint density at radius 1 is 1.12 bits per heavy atom. The predicted octanol–water partition coefficient (Wildman–Crippen LogP) is 2.48. The largest absolute Gasteiger partial charge is 0.355 e. The highest BCUT2D eigenvalue weighted by atomic mass is 16.7. The van der Waals surface area contributed by atoms with Crippen LogP contribution in [0.1, 0.15) is 43.7 Å². The lowest BCUT2D eigenvalue weighted by Gasteiger charge is -2.39. The van der Waals surface area contributed by atoms with Crippen molar-refractivity contribution in [3.8, 4) is 0 Å². The van der Waals surface area contributed by atoms with E-state index in [0.29, 0.717) is 12.3 Å². The van der Waals surface area contributed by atoms with Crippen molar-refractivity contribution >= 4 is 5.91 Å². The summed E-state index contributed by atoms with van der Waals surface area (Å²) in [5, 5.41) is 3.03. The summed E-state index contributed by atoms with van der Waals surface area (Å²) in [5.41, 5.74) is 1.24. The Balaban J connectivity index is 1.43. The lowest BCUT2D eigenvalue weighted by Crippen LogP contribution is -2.40. The highest BCUT2D eigenvalue weighted by Gasteiger charge is 2.41. The van der Waals surface area contributed by atoms with Crippen LogP contribution in [-0.2, 0) is 14.3 Å². The Morgan fingerprint density at radius 2 is 1.84 bits per heavy atom. The van der Waals surface area contributed by atoms with Gasteiger partial charge in [0.25, 0.3) is 0 Å². The third-order valence-electron chi connectivity index (χ3n) is 5.90. The molecular formula is C20H28N2O3. The summed E-state index contributed by atoms with van der Waals surface area (Å²) in [4.78, 5) is 14.6. The molecule has 2 heterocycles. The Labute approximate surface area is 149 Å². The van der Waals surface area contributed by atoms with Crippen LogP contribution in [0.15, 0.2) is 30.3 Å². The summed E-state index contributed by atoms with van der Waals surface area (Å²) in [6, 6.07) is 10.6. The summed E-state index contributed by atoms with van der Waals surface area (Å²) >= 11 is 0. The summed E-state index contributed by atoms with van der Waals surface area (Å²) in [7, 11) is 0. The number of carbonyl (C=O) groups excluding carboxylic acids is 1. The van der Waals surface area contributed by atoms with E-state index in [2.05, 4.69) is 34.5 Å². The molecular weight excluding hydrogens is 316 g/mol. The minimum absolute atomic E-state index is 0.159. The molecule has 5 heteroatoms. The Kier molecular flexibility index (Phi) is 5.06. The molecule has 1 aliphatic carbocycles. The Morgan fingerprint density at radius 3 is 2.56 bits per heavy atom. The zero-order valence-electron chi connectivity index (χ0n) is 14.8. The second-order valence-electron chi connectivity index (χ2n) is 7.53. The van der Waals surface area contributed by atoms with Crippen LogP contribution in [0.4, 0.5) is 0 Å². The van der Waals surface area contributed by atoms with Gasteiger partial charge in [-0.2, -0.15) is 0 Å². The maximum Gasteiger partial charge on any atom is 0.221 e. The predicted molar refractivity (Wildman–Crippen MR) is 95.0 cm³/mol. The van der Waals surface area contributed by atoms with Crippen molar-refractivity contribution in [1.29, 1.82) is 0 Å². The molecule has 5 nitrogen and oxygen atoms in total. The van der Waals surface area contributed by atoms with Gasteiger partial charge in [-0.1, -0.05) is 30.3 Å². The molecule has 1 spiro atoms. The van der Waals surface area contributed by atoms with Crippen molar-refractivity contribution < 1.29 is 14.3 Å². The molecule has 0 aromatic heterocycles. The molecule has 3 fully saturated rings. The van der Waals surface area contributed by atoms with Crippen LogP contribution < -0.4 is 5.32 Å². The fraction of sp³-hybridized carbons (Fsp3) is 0.650. The molecule has 1 aromatic carbocycles. The SMILES string of the molecule is O=C1C[C@@H](c2ccccc2)N(CC2CCC3(CC2)OCCO3)CCN1. The number of hydrogen-bond donors (Lipinski definition) is 1. The minimum Gasteiger partial charge on any atom is -0.355 e. The standard InChI is InChI=1S/C20H28N2O3/c23-19-14-18(17-4-2-1-3-5-17)22(11-10-21-19)15-16-6-8-20(9-7-16)24-12-13-25-20/h1-5,16,18H,6-15H2,(H,21,23)/t18-/m0/s1. The van der Waals surface area contributed by atoms with Crippen LogP contribution in [0.5, 0.6) is 0 Å². The van der Waals surface area contributed by atoms with E-state index in [-0.39, 0.29) is 17.7 Å². The molecule has 0 radical (unpaired) electrons. The van der Waals surface area contributed by atoms with Crippen LogP contribution in [0.2, 0.25) is 0 Å². The van der Waals surface area contributed by atoms with Gasteiger partial charge in [-0.15, -0.1) is 0 Å². The average molecular weight is 344 g/mol. The first-order valence-corrected chi connectivity index (χ1v) is 9.58. The summed E-state index contributed by atoms with van der Waals surface area (Å²) in [6.07, 6.45) is 4.82. The molecule has 1 atom stereocenters. The first kappa shape index (κ1) is 17.0. The molecule has 1 aromatic rings. The van der Waals surface area contributed by atoms with Gasteiger partial charge in [0, 0.05) is 44.9 Å². The number of carbonyl (C=O) groups is 1. The van der Waals surface area contributed by atoms with E-state index >= 15 is 0 Å². The Bertz CT molecular complexity index is 576. The monoisotopic (exact) mass is 344 g/mol. The van der Waals surface area contributed by atoms with E-state index in [0.717, 1.165) is 58.5 Å². The zero-order valence-corrected chi connectivity index (χ0v) is 14.8. The van der Waals surface area contributed by atoms with E-state index in [9.17, 15) is 4.79 Å². The molecule has 0 bridgehead atoms. The van der Waals surface area contributed by atoms with E-state index in [1.54, 1.807) is 0 Å². The van der Waals surface area contributed by atoms with E-state index in [1.807, 2.05) is 6.07 Å². The van der Waals surface area contributed by atoms with Crippen LogP contribution >= 0.6 is 0 Å². The molecule has 136 valence electrons. The topological polar surface area (TPSA) is 50.8 Å². The van der Waals surface area contributed by atoms with E-state index in [1.165, 1.54) is 5.56 Å². The highest BCUT2D eigenvalue weighted by Crippen LogP contribution is 2.39. The number of ether oxygens (including phenoxy) is 2. The number of nitrogens with zero attached hydrogens (tertiary/aromatic N) is 1. The van der Waals surface area contributed by atoms with Crippen molar-refractivity contribution in [3.05, 3.63) is 35.9 Å². The fourth-order valence-corrected chi connectivity index (χ4v) is 4.51. The molecule has 1 N–H and O–H groups in total. The van der Waals surface area contributed by atoms with Crippen molar-refractivity contribution in [2.24, 2.45) is 5.92 Å². The van der Waals surface area contributed by atoms with Crippen molar-refractivity contribution in [3.63, 3.8) is 0 Å². The second kappa shape index (κ2) is 7.44.